The molecule has 3 aromatic rings. The highest BCUT2D eigenvalue weighted by Gasteiger charge is 2.13. The van der Waals surface area contributed by atoms with E-state index in [4.69, 9.17) is 27.2 Å². The van der Waals surface area contributed by atoms with Crippen LogP contribution in [0.25, 0.3) is 5.69 Å². The zero-order chi connectivity index (χ0) is 19.4. The van der Waals surface area contributed by atoms with Crippen LogP contribution >= 0.6 is 11.6 Å². The Morgan fingerprint density at radius 2 is 2.11 bits per heavy atom. The molecule has 27 heavy (non-hydrogen) atoms. The maximum Gasteiger partial charge on any atom is 0.304 e. The molecule has 0 fully saturated rings. The van der Waals surface area contributed by atoms with Crippen LogP contribution in [-0.4, -0.2) is 42.3 Å². The molecule has 11 heteroatoms. The number of tetrazole rings is 1. The number of carbonyl (C=O) groups is 1. The van der Waals surface area contributed by atoms with E-state index in [0.29, 0.717) is 17.3 Å². The van der Waals surface area contributed by atoms with E-state index in [1.54, 1.807) is 24.3 Å². The van der Waals surface area contributed by atoms with Crippen molar-refractivity contribution < 1.29 is 19.0 Å². The van der Waals surface area contributed by atoms with Gasteiger partial charge in [0.15, 0.2) is 11.6 Å². The van der Waals surface area contributed by atoms with Crippen molar-refractivity contribution in [2.24, 2.45) is 5.73 Å². The molecule has 0 bridgehead atoms. The molecule has 0 saturated heterocycles. The van der Waals surface area contributed by atoms with E-state index < -0.39 is 17.8 Å². The fourth-order valence-electron chi connectivity index (χ4n) is 2.20. The highest BCUT2D eigenvalue weighted by atomic mass is 35.5. The first kappa shape index (κ1) is 18.7. The van der Waals surface area contributed by atoms with Crippen LogP contribution in [0.2, 0.25) is 5.02 Å². The van der Waals surface area contributed by atoms with E-state index in [9.17, 15) is 9.18 Å². The van der Waals surface area contributed by atoms with Crippen molar-refractivity contribution in [3.05, 3.63) is 53.2 Å². The largest absolute Gasteiger partial charge is 0.481 e. The van der Waals surface area contributed by atoms with Gasteiger partial charge in [-0.15, -0.1) is 15.0 Å². The van der Waals surface area contributed by atoms with Crippen molar-refractivity contribution in [2.75, 3.05) is 0 Å². The summed E-state index contributed by atoms with van der Waals surface area (Å²) >= 11 is 5.65. The highest BCUT2D eigenvalue weighted by molar-refractivity contribution is 6.30. The van der Waals surface area contributed by atoms with E-state index >= 15 is 0 Å². The van der Waals surface area contributed by atoms with Gasteiger partial charge in [0.25, 0.3) is 5.88 Å². The van der Waals surface area contributed by atoms with Gasteiger partial charge < -0.3 is 15.6 Å². The van der Waals surface area contributed by atoms with Crippen LogP contribution in [0.3, 0.4) is 0 Å². The zero-order valence-electron chi connectivity index (χ0n) is 13.8. The summed E-state index contributed by atoms with van der Waals surface area (Å²) in [5.41, 5.74) is 6.29. The molecule has 3 N–H and O–H groups in total. The van der Waals surface area contributed by atoms with E-state index in [0.717, 1.165) is 6.07 Å². The molecule has 9 nitrogen and oxygen atoms in total. The molecule has 1 aromatic carbocycles. The Labute approximate surface area is 157 Å². The Bertz CT molecular complexity index is 950. The Morgan fingerprint density at radius 1 is 1.37 bits per heavy atom. The second kappa shape index (κ2) is 8.06. The third-order valence-corrected chi connectivity index (χ3v) is 3.60. The van der Waals surface area contributed by atoms with Crippen LogP contribution in [0.4, 0.5) is 4.39 Å². The number of ether oxygens (including phenoxy) is 1. The minimum Gasteiger partial charge on any atom is -0.481 e. The molecule has 0 unspecified atom stereocenters. The predicted octanol–water partition coefficient (Wildman–Crippen LogP) is 1.99. The van der Waals surface area contributed by atoms with Gasteiger partial charge in [-0.05, 0) is 35.5 Å². The van der Waals surface area contributed by atoms with Crippen LogP contribution in [0.15, 0.2) is 36.5 Å². The molecule has 2 aromatic heterocycles. The molecule has 1 atom stereocenters. The lowest BCUT2D eigenvalue weighted by Gasteiger charge is -2.06. The summed E-state index contributed by atoms with van der Waals surface area (Å²) < 4.78 is 19.1. The van der Waals surface area contributed by atoms with Crippen molar-refractivity contribution in [1.82, 2.24) is 25.2 Å². The first-order chi connectivity index (χ1) is 12.9. The molecule has 0 aliphatic carbocycles. The summed E-state index contributed by atoms with van der Waals surface area (Å²) in [7, 11) is 0. The van der Waals surface area contributed by atoms with Crippen molar-refractivity contribution in [1.29, 1.82) is 0 Å². The van der Waals surface area contributed by atoms with Gasteiger partial charge in [-0.3, -0.25) is 4.79 Å². The normalized spacial score (nSPS) is 12.0. The lowest BCUT2D eigenvalue weighted by molar-refractivity contribution is -0.137. The number of rotatable bonds is 7. The number of carboxylic acid groups (broad SMARTS) is 1. The highest BCUT2D eigenvalue weighted by Crippen LogP contribution is 2.24. The molecular weight excluding hydrogens is 379 g/mol. The van der Waals surface area contributed by atoms with E-state index in [2.05, 4.69) is 20.4 Å². The molecule has 3 rings (SSSR count). The fraction of sp³-hybridized carbons (Fsp3) is 0.188. The van der Waals surface area contributed by atoms with Crippen LogP contribution in [0.1, 0.15) is 12.2 Å². The number of hydrogen-bond acceptors (Lipinski definition) is 7. The molecule has 0 radical (unpaired) electrons. The molecule has 140 valence electrons. The van der Waals surface area contributed by atoms with Gasteiger partial charge in [0.2, 0.25) is 0 Å². The number of aromatic nitrogens is 5. The molecule has 0 spiro atoms. The van der Waals surface area contributed by atoms with Gasteiger partial charge in [0.1, 0.15) is 5.75 Å². The fourth-order valence-corrected chi connectivity index (χ4v) is 2.35. The summed E-state index contributed by atoms with van der Waals surface area (Å²) in [5.74, 6) is -1.17. The SMILES string of the molecule is N[C@@H](CC(=O)O)Cc1nnn(-c2ccc(Oc3ncc(Cl)cc3F)cc2)n1. The first-order valence-corrected chi connectivity index (χ1v) is 8.14. The van der Waals surface area contributed by atoms with Crippen LogP contribution < -0.4 is 10.5 Å². The summed E-state index contributed by atoms with van der Waals surface area (Å²) in [6.45, 7) is 0. The topological polar surface area (TPSA) is 129 Å². The maximum atomic E-state index is 13.7. The third-order valence-electron chi connectivity index (χ3n) is 3.39. The van der Waals surface area contributed by atoms with Gasteiger partial charge in [0, 0.05) is 18.7 Å². The Morgan fingerprint density at radius 3 is 2.78 bits per heavy atom. The molecule has 0 amide bonds. The minimum absolute atomic E-state index is 0.173. The van der Waals surface area contributed by atoms with Gasteiger partial charge >= 0.3 is 5.97 Å². The summed E-state index contributed by atoms with van der Waals surface area (Å²) in [5, 5.41) is 20.8. The van der Waals surface area contributed by atoms with Crippen molar-refractivity contribution >= 4 is 17.6 Å². The third kappa shape index (κ3) is 4.96. The number of carboxylic acids is 1. The quantitative estimate of drug-likeness (QED) is 0.624. The van der Waals surface area contributed by atoms with E-state index in [1.807, 2.05) is 0 Å². The summed E-state index contributed by atoms with van der Waals surface area (Å²) in [6, 6.07) is 6.97. The number of aliphatic carboxylic acids is 1. The summed E-state index contributed by atoms with van der Waals surface area (Å²) in [6.07, 6.45) is 1.29. The average Bonchev–Trinajstić information content (AvgIpc) is 3.05. The van der Waals surface area contributed by atoms with Gasteiger partial charge in [-0.1, -0.05) is 11.6 Å². The number of hydrogen-bond donors (Lipinski definition) is 2. The maximum absolute atomic E-state index is 13.7. The number of pyridine rings is 1. The van der Waals surface area contributed by atoms with Crippen LogP contribution in [0, 0.1) is 5.82 Å². The van der Waals surface area contributed by atoms with E-state index in [1.165, 1.54) is 11.0 Å². The number of nitrogens with two attached hydrogens (primary N) is 1. The molecular formula is C16H14ClFN6O3. The smallest absolute Gasteiger partial charge is 0.304 e. The van der Waals surface area contributed by atoms with Crippen molar-refractivity contribution in [3.8, 4) is 17.3 Å². The van der Waals surface area contributed by atoms with Crippen molar-refractivity contribution in [3.63, 3.8) is 0 Å². The molecule has 0 aliphatic rings. The van der Waals surface area contributed by atoms with Gasteiger partial charge in [-0.25, -0.2) is 9.37 Å². The Balaban J connectivity index is 1.67. The average molecular weight is 393 g/mol. The predicted molar refractivity (Wildman–Crippen MR) is 92.4 cm³/mol. The second-order valence-corrected chi connectivity index (χ2v) is 6.03. The van der Waals surface area contributed by atoms with Gasteiger partial charge in [0.05, 0.1) is 17.1 Å². The van der Waals surface area contributed by atoms with Crippen LogP contribution in [-0.2, 0) is 11.2 Å². The van der Waals surface area contributed by atoms with Gasteiger partial charge in [-0.2, -0.15) is 0 Å². The molecule has 0 saturated carbocycles. The lowest BCUT2D eigenvalue weighted by atomic mass is 10.1. The monoisotopic (exact) mass is 392 g/mol. The van der Waals surface area contributed by atoms with Crippen molar-refractivity contribution in [2.45, 2.75) is 18.9 Å². The standard InChI is InChI=1S/C16H14ClFN6O3/c17-9-5-13(18)16(20-8-9)27-12-3-1-11(2-4-12)24-22-14(21-23-24)6-10(19)7-15(25)26/h1-5,8,10H,6-7,19H2,(H,25,26)/t10-/m1/s1. The molecule has 0 aliphatic heterocycles. The first-order valence-electron chi connectivity index (χ1n) is 7.76. The van der Waals surface area contributed by atoms with E-state index in [-0.39, 0.29) is 23.7 Å². The number of nitrogens with zero attached hydrogens (tertiary/aromatic N) is 5. The number of benzene rings is 1. The summed E-state index contributed by atoms with van der Waals surface area (Å²) in [4.78, 5) is 15.7. The number of halogens is 2. The second-order valence-electron chi connectivity index (χ2n) is 5.59. The Hall–Kier alpha value is -3.11. The zero-order valence-corrected chi connectivity index (χ0v) is 14.5. The lowest BCUT2D eigenvalue weighted by Crippen LogP contribution is -2.26. The Kier molecular flexibility index (Phi) is 5.57. The van der Waals surface area contributed by atoms with Crippen LogP contribution in [0.5, 0.6) is 11.6 Å². The minimum atomic E-state index is -0.989. The molecule has 2 heterocycles.